The van der Waals surface area contributed by atoms with E-state index in [4.69, 9.17) is 4.74 Å². The summed E-state index contributed by atoms with van der Waals surface area (Å²) in [6, 6.07) is 0. The molecule has 0 radical (unpaired) electrons. The second-order valence-electron chi connectivity index (χ2n) is 4.52. The van der Waals surface area contributed by atoms with Gasteiger partial charge in [-0.2, -0.15) is 5.10 Å². The smallest absolute Gasteiger partial charge is 0.216 e. The summed E-state index contributed by atoms with van der Waals surface area (Å²) in [6.45, 7) is 5.40. The number of sulfonamides is 1. The molecule has 0 saturated carbocycles. The second-order valence-corrected chi connectivity index (χ2v) is 6.62. The van der Waals surface area contributed by atoms with E-state index < -0.39 is 10.0 Å². The fourth-order valence-corrected chi connectivity index (χ4v) is 2.56. The number of nitrogens with zero attached hydrogens (tertiary/aromatic N) is 2. The maximum Gasteiger partial charge on any atom is 0.216 e. The van der Waals surface area contributed by atoms with Crippen molar-refractivity contribution in [2.24, 2.45) is 7.05 Å². The average Bonchev–Trinajstić information content (AvgIpc) is 2.67. The normalized spacial score (nSPS) is 11.8. The summed E-state index contributed by atoms with van der Waals surface area (Å²) in [5, 5.41) is 7.57. The number of rotatable bonds is 9. The first-order valence-corrected chi connectivity index (χ1v) is 8.31. The van der Waals surface area contributed by atoms with Crippen molar-refractivity contribution < 1.29 is 13.2 Å². The predicted molar refractivity (Wildman–Crippen MR) is 78.3 cm³/mol. The highest BCUT2D eigenvalue weighted by Gasteiger charge is 2.12. The van der Waals surface area contributed by atoms with E-state index in [0.29, 0.717) is 13.1 Å². The Balaban J connectivity index is 2.32. The minimum absolute atomic E-state index is 0.118. The molecule has 7 nitrogen and oxygen atoms in total. The largest absolute Gasteiger partial charge is 0.481 e. The molecule has 0 atom stereocenters. The quantitative estimate of drug-likeness (QED) is 0.635. The fraction of sp³-hybridized carbons (Fsp3) is 0.750. The molecule has 0 aromatic carbocycles. The molecule has 0 bridgehead atoms. The number of ether oxygens (including phenoxy) is 1. The lowest BCUT2D eigenvalue weighted by Gasteiger charge is -2.07. The molecule has 0 unspecified atom stereocenters. The van der Waals surface area contributed by atoms with E-state index >= 15 is 0 Å². The molecule has 20 heavy (non-hydrogen) atoms. The summed E-state index contributed by atoms with van der Waals surface area (Å²) in [5.74, 6) is 0.869. The second kappa shape index (κ2) is 7.61. The van der Waals surface area contributed by atoms with Crippen molar-refractivity contribution in [3.63, 3.8) is 0 Å². The minimum atomic E-state index is -3.08. The number of aryl methyl sites for hydroxylation is 2. The third kappa shape index (κ3) is 4.77. The van der Waals surface area contributed by atoms with Crippen LogP contribution in [0.25, 0.3) is 0 Å². The Morgan fingerprint density at radius 2 is 2.05 bits per heavy atom. The van der Waals surface area contributed by atoms with Crippen molar-refractivity contribution in [3.8, 4) is 5.88 Å². The molecule has 2 N–H and O–H groups in total. The minimum Gasteiger partial charge on any atom is -0.481 e. The molecule has 1 aromatic heterocycles. The van der Waals surface area contributed by atoms with Gasteiger partial charge in [0.1, 0.15) is 0 Å². The highest BCUT2D eigenvalue weighted by atomic mass is 32.2. The summed E-state index contributed by atoms with van der Waals surface area (Å²) in [5.41, 5.74) is 1.97. The monoisotopic (exact) mass is 304 g/mol. The lowest BCUT2D eigenvalue weighted by atomic mass is 10.2. The zero-order valence-electron chi connectivity index (χ0n) is 12.6. The number of methoxy groups -OCH3 is 1. The van der Waals surface area contributed by atoms with E-state index in [-0.39, 0.29) is 5.75 Å². The Bertz CT molecular complexity index is 525. The van der Waals surface area contributed by atoms with Crippen LogP contribution in [0.2, 0.25) is 0 Å². The molecule has 116 valence electrons. The van der Waals surface area contributed by atoms with Crippen molar-refractivity contribution in [3.05, 3.63) is 11.3 Å². The van der Waals surface area contributed by atoms with E-state index in [0.717, 1.165) is 30.1 Å². The van der Waals surface area contributed by atoms with Crippen molar-refractivity contribution in [1.29, 1.82) is 0 Å². The highest BCUT2D eigenvalue weighted by Crippen LogP contribution is 2.20. The molecule has 0 spiro atoms. The van der Waals surface area contributed by atoms with Crippen molar-refractivity contribution >= 4 is 10.0 Å². The van der Waals surface area contributed by atoms with Crippen LogP contribution in [0.1, 0.15) is 24.6 Å². The SMILES string of the molecule is CCS(=O)(=O)NCCCNCc1c(C)nn(C)c1OC. The lowest BCUT2D eigenvalue weighted by Crippen LogP contribution is -2.28. The number of aromatic nitrogens is 2. The zero-order chi connectivity index (χ0) is 15.2. The maximum atomic E-state index is 11.2. The first kappa shape index (κ1) is 16.9. The Kier molecular flexibility index (Phi) is 6.44. The van der Waals surface area contributed by atoms with Crippen molar-refractivity contribution in [2.75, 3.05) is 26.0 Å². The number of hydrogen-bond donors (Lipinski definition) is 2. The van der Waals surface area contributed by atoms with Crippen LogP contribution in [-0.2, 0) is 23.6 Å². The van der Waals surface area contributed by atoms with E-state index in [9.17, 15) is 8.42 Å². The maximum absolute atomic E-state index is 11.2. The van der Waals surface area contributed by atoms with E-state index in [1.807, 2.05) is 14.0 Å². The van der Waals surface area contributed by atoms with Gasteiger partial charge in [0.2, 0.25) is 15.9 Å². The summed E-state index contributed by atoms with van der Waals surface area (Å²) < 4.78 is 32.0. The molecular formula is C12H24N4O3S. The molecule has 0 amide bonds. The summed E-state index contributed by atoms with van der Waals surface area (Å²) in [7, 11) is 0.383. The van der Waals surface area contributed by atoms with Crippen molar-refractivity contribution in [1.82, 2.24) is 19.8 Å². The number of nitrogens with one attached hydrogen (secondary N) is 2. The summed E-state index contributed by atoms with van der Waals surface area (Å²) in [4.78, 5) is 0. The zero-order valence-corrected chi connectivity index (χ0v) is 13.4. The van der Waals surface area contributed by atoms with Crippen LogP contribution in [0.15, 0.2) is 0 Å². The van der Waals surface area contributed by atoms with Gasteiger partial charge in [0.25, 0.3) is 0 Å². The van der Waals surface area contributed by atoms with Gasteiger partial charge in [-0.3, -0.25) is 0 Å². The van der Waals surface area contributed by atoms with E-state index in [1.165, 1.54) is 0 Å². The summed E-state index contributed by atoms with van der Waals surface area (Å²) >= 11 is 0. The van der Waals surface area contributed by atoms with Crippen molar-refractivity contribution in [2.45, 2.75) is 26.8 Å². The van der Waals surface area contributed by atoms with Gasteiger partial charge in [-0.05, 0) is 26.8 Å². The first-order chi connectivity index (χ1) is 9.41. The molecule has 0 fully saturated rings. The van der Waals surface area contributed by atoms with Gasteiger partial charge in [0.05, 0.1) is 24.1 Å². The van der Waals surface area contributed by atoms with Crippen LogP contribution in [0.4, 0.5) is 0 Å². The van der Waals surface area contributed by atoms with E-state index in [1.54, 1.807) is 18.7 Å². The molecule has 0 aliphatic heterocycles. The molecule has 1 aromatic rings. The molecule has 1 heterocycles. The highest BCUT2D eigenvalue weighted by molar-refractivity contribution is 7.89. The number of hydrogen-bond acceptors (Lipinski definition) is 5. The van der Waals surface area contributed by atoms with Gasteiger partial charge in [0.15, 0.2) is 0 Å². The molecule has 0 aliphatic rings. The Morgan fingerprint density at radius 3 is 2.65 bits per heavy atom. The van der Waals surface area contributed by atoms with Gasteiger partial charge in [0, 0.05) is 20.1 Å². The third-order valence-electron chi connectivity index (χ3n) is 3.02. The average molecular weight is 304 g/mol. The Labute approximate surface area is 120 Å². The molecule has 8 heteroatoms. The van der Waals surface area contributed by atoms with Gasteiger partial charge in [-0.15, -0.1) is 0 Å². The molecule has 0 saturated heterocycles. The topological polar surface area (TPSA) is 85.3 Å². The Hall–Kier alpha value is -1.12. The van der Waals surface area contributed by atoms with Gasteiger partial charge in [-0.1, -0.05) is 0 Å². The van der Waals surface area contributed by atoms with Crippen LogP contribution in [0.3, 0.4) is 0 Å². The third-order valence-corrected chi connectivity index (χ3v) is 4.42. The lowest BCUT2D eigenvalue weighted by molar-refractivity contribution is 0.368. The van der Waals surface area contributed by atoms with Crippen LogP contribution in [0.5, 0.6) is 5.88 Å². The van der Waals surface area contributed by atoms with Crippen LogP contribution in [0, 0.1) is 6.92 Å². The van der Waals surface area contributed by atoms with Gasteiger partial charge in [-0.25, -0.2) is 17.8 Å². The fourth-order valence-electron chi connectivity index (χ4n) is 1.90. The van der Waals surface area contributed by atoms with Crippen LogP contribution in [-0.4, -0.2) is 44.2 Å². The standard InChI is InChI=1S/C12H24N4O3S/c1-5-20(17,18)14-8-6-7-13-9-11-10(2)15-16(3)12(11)19-4/h13-14H,5-9H2,1-4H3. The van der Waals surface area contributed by atoms with E-state index in [2.05, 4.69) is 15.1 Å². The molecular weight excluding hydrogens is 280 g/mol. The summed E-state index contributed by atoms with van der Waals surface area (Å²) in [6.07, 6.45) is 0.737. The van der Waals surface area contributed by atoms with Gasteiger partial charge < -0.3 is 10.1 Å². The van der Waals surface area contributed by atoms with Crippen LogP contribution < -0.4 is 14.8 Å². The van der Waals surface area contributed by atoms with Gasteiger partial charge >= 0.3 is 0 Å². The van der Waals surface area contributed by atoms with Crippen LogP contribution >= 0.6 is 0 Å². The predicted octanol–water partition coefficient (Wildman–Crippen LogP) is 0.156. The molecule has 0 aliphatic carbocycles. The molecule has 1 rings (SSSR count). The first-order valence-electron chi connectivity index (χ1n) is 6.65. The Morgan fingerprint density at radius 1 is 1.35 bits per heavy atom.